The molecule has 0 rings (SSSR count). The monoisotopic (exact) mass is 263 g/mol. The van der Waals surface area contributed by atoms with E-state index in [-0.39, 0.29) is 6.10 Å². The minimum absolute atomic E-state index is 0.325. The first-order valence-electron chi connectivity index (χ1n) is 7.75. The lowest BCUT2D eigenvalue weighted by molar-refractivity contribution is 0.226. The predicted octanol–water partition coefficient (Wildman–Crippen LogP) is 5.38. The molecule has 1 unspecified atom stereocenters. The zero-order valence-electron chi connectivity index (χ0n) is 12.6. The Morgan fingerprint density at radius 1 is 0.947 bits per heavy atom. The van der Waals surface area contributed by atoms with Gasteiger partial charge in [0.05, 0.1) is 6.10 Å². The standard InChI is InChI=1S/C18H31O/c1-3-5-7-9-10-11-12-13-15-17-18(19)16-14-8-6-4-2/h10-11,13-16,18-19H,1,3-9,12,17H2,2H3/q-1/b11-10-,15-13-,16-14+. The molecule has 1 nitrogen and oxygen atoms in total. The maximum Gasteiger partial charge on any atom is 0.0755 e. The van der Waals surface area contributed by atoms with E-state index in [1.54, 1.807) is 0 Å². The molecule has 19 heavy (non-hydrogen) atoms. The molecule has 1 atom stereocenters. The molecule has 1 heteroatoms. The van der Waals surface area contributed by atoms with Crippen molar-refractivity contribution in [2.75, 3.05) is 0 Å². The maximum absolute atomic E-state index is 9.69. The molecule has 0 aliphatic heterocycles. The summed E-state index contributed by atoms with van der Waals surface area (Å²) in [5.41, 5.74) is 0. The van der Waals surface area contributed by atoms with Gasteiger partial charge in [-0.05, 0) is 25.7 Å². The summed E-state index contributed by atoms with van der Waals surface area (Å²) in [4.78, 5) is 0. The molecule has 0 aromatic heterocycles. The molecule has 0 saturated carbocycles. The van der Waals surface area contributed by atoms with Gasteiger partial charge >= 0.3 is 0 Å². The number of allylic oxidation sites excluding steroid dienone is 4. The maximum atomic E-state index is 9.69. The van der Waals surface area contributed by atoms with Gasteiger partial charge < -0.3 is 12.0 Å². The van der Waals surface area contributed by atoms with Crippen LogP contribution in [-0.2, 0) is 0 Å². The van der Waals surface area contributed by atoms with Crippen molar-refractivity contribution < 1.29 is 5.11 Å². The lowest BCUT2D eigenvalue weighted by atomic mass is 10.1. The number of unbranched alkanes of at least 4 members (excludes halogenated alkanes) is 5. The van der Waals surface area contributed by atoms with E-state index in [2.05, 4.69) is 44.2 Å². The Kier molecular flexibility index (Phi) is 14.6. The molecule has 0 fully saturated rings. The predicted molar refractivity (Wildman–Crippen MR) is 86.0 cm³/mol. The first-order chi connectivity index (χ1) is 9.31. The van der Waals surface area contributed by atoms with Gasteiger partial charge in [0.2, 0.25) is 0 Å². The Morgan fingerprint density at radius 3 is 2.42 bits per heavy atom. The lowest BCUT2D eigenvalue weighted by Crippen LogP contribution is -1.98. The molecule has 0 saturated heterocycles. The van der Waals surface area contributed by atoms with E-state index >= 15 is 0 Å². The van der Waals surface area contributed by atoms with Crippen LogP contribution in [-0.4, -0.2) is 11.2 Å². The van der Waals surface area contributed by atoms with Crippen LogP contribution < -0.4 is 0 Å². The van der Waals surface area contributed by atoms with Gasteiger partial charge in [-0.2, -0.15) is 6.42 Å². The Hall–Kier alpha value is -0.820. The van der Waals surface area contributed by atoms with Gasteiger partial charge in [0.15, 0.2) is 0 Å². The van der Waals surface area contributed by atoms with Crippen LogP contribution in [0.1, 0.15) is 64.7 Å². The van der Waals surface area contributed by atoms with Gasteiger partial charge in [-0.1, -0.05) is 69.1 Å². The minimum atomic E-state index is -0.325. The van der Waals surface area contributed by atoms with Crippen LogP contribution in [0, 0.1) is 6.92 Å². The SMILES string of the molecule is [CH2-]CCCC/C=C\C/C=C\CC(O)/C=C/CCCC. The summed E-state index contributed by atoms with van der Waals surface area (Å²) < 4.78 is 0. The Bertz CT molecular complexity index is 250. The van der Waals surface area contributed by atoms with Crippen LogP contribution in [0.15, 0.2) is 36.5 Å². The van der Waals surface area contributed by atoms with Crippen LogP contribution >= 0.6 is 0 Å². The molecule has 0 heterocycles. The van der Waals surface area contributed by atoms with E-state index in [1.165, 1.54) is 25.7 Å². The smallest absolute Gasteiger partial charge is 0.0755 e. The highest BCUT2D eigenvalue weighted by Crippen LogP contribution is 2.02. The lowest BCUT2D eigenvalue weighted by Gasteiger charge is -2.00. The first-order valence-corrected chi connectivity index (χ1v) is 7.75. The Labute approximate surface area is 120 Å². The number of rotatable bonds is 12. The second kappa shape index (κ2) is 15.2. The van der Waals surface area contributed by atoms with Crippen molar-refractivity contribution in [3.8, 4) is 0 Å². The molecule has 0 bridgehead atoms. The van der Waals surface area contributed by atoms with E-state index in [1.807, 2.05) is 6.08 Å². The zero-order chi connectivity index (χ0) is 14.2. The van der Waals surface area contributed by atoms with E-state index in [9.17, 15) is 5.11 Å². The fourth-order valence-corrected chi connectivity index (χ4v) is 1.72. The summed E-state index contributed by atoms with van der Waals surface area (Å²) in [6.07, 6.45) is 22.1. The van der Waals surface area contributed by atoms with E-state index < -0.39 is 0 Å². The topological polar surface area (TPSA) is 20.2 Å². The van der Waals surface area contributed by atoms with Crippen LogP contribution in [0.25, 0.3) is 0 Å². The van der Waals surface area contributed by atoms with E-state index in [4.69, 9.17) is 0 Å². The van der Waals surface area contributed by atoms with Crippen molar-refractivity contribution in [2.45, 2.75) is 70.8 Å². The zero-order valence-corrected chi connectivity index (χ0v) is 12.6. The average molecular weight is 263 g/mol. The molecule has 0 spiro atoms. The molecule has 0 aliphatic rings. The van der Waals surface area contributed by atoms with Crippen LogP contribution in [0.4, 0.5) is 0 Å². The average Bonchev–Trinajstić information content (AvgIpc) is 2.42. The molecule has 0 radical (unpaired) electrons. The van der Waals surface area contributed by atoms with Crippen molar-refractivity contribution in [1.29, 1.82) is 0 Å². The number of hydrogen-bond acceptors (Lipinski definition) is 1. The van der Waals surface area contributed by atoms with Crippen molar-refractivity contribution in [1.82, 2.24) is 0 Å². The molecule has 110 valence electrons. The largest absolute Gasteiger partial charge is 0.389 e. The molecule has 0 amide bonds. The van der Waals surface area contributed by atoms with Crippen molar-refractivity contribution in [3.63, 3.8) is 0 Å². The minimum Gasteiger partial charge on any atom is -0.389 e. The third-order valence-corrected chi connectivity index (χ3v) is 2.94. The molecule has 1 N–H and O–H groups in total. The molecule has 0 aromatic carbocycles. The van der Waals surface area contributed by atoms with Crippen LogP contribution in [0.5, 0.6) is 0 Å². The van der Waals surface area contributed by atoms with Crippen molar-refractivity contribution in [3.05, 3.63) is 43.4 Å². The van der Waals surface area contributed by atoms with Gasteiger partial charge in [0.25, 0.3) is 0 Å². The summed E-state index contributed by atoms with van der Waals surface area (Å²) in [5.74, 6) is 0. The highest BCUT2D eigenvalue weighted by molar-refractivity contribution is 4.97. The van der Waals surface area contributed by atoms with Crippen molar-refractivity contribution >= 4 is 0 Å². The third-order valence-electron chi connectivity index (χ3n) is 2.94. The number of aliphatic hydroxyl groups is 1. The summed E-state index contributed by atoms with van der Waals surface area (Å²) in [7, 11) is 0. The highest BCUT2D eigenvalue weighted by atomic mass is 16.3. The number of hydrogen-bond donors (Lipinski definition) is 1. The highest BCUT2D eigenvalue weighted by Gasteiger charge is 1.93. The summed E-state index contributed by atoms with van der Waals surface area (Å²) in [6.45, 7) is 6.01. The van der Waals surface area contributed by atoms with Crippen LogP contribution in [0.2, 0.25) is 0 Å². The molecule has 0 aliphatic carbocycles. The van der Waals surface area contributed by atoms with Gasteiger partial charge in [-0.15, -0.1) is 0 Å². The van der Waals surface area contributed by atoms with Gasteiger partial charge in [0.1, 0.15) is 0 Å². The fourth-order valence-electron chi connectivity index (χ4n) is 1.72. The van der Waals surface area contributed by atoms with Gasteiger partial charge in [-0.25, -0.2) is 0 Å². The van der Waals surface area contributed by atoms with Crippen LogP contribution in [0.3, 0.4) is 0 Å². The molecular formula is C18H31O-. The third kappa shape index (κ3) is 15.1. The first kappa shape index (κ1) is 18.2. The fraction of sp³-hybridized carbons (Fsp3) is 0.611. The summed E-state index contributed by atoms with van der Waals surface area (Å²) >= 11 is 0. The molecule has 0 aromatic rings. The summed E-state index contributed by atoms with van der Waals surface area (Å²) in [6, 6.07) is 0. The quantitative estimate of drug-likeness (QED) is 0.285. The summed E-state index contributed by atoms with van der Waals surface area (Å²) in [5, 5.41) is 9.69. The number of aliphatic hydroxyl groups excluding tert-OH is 1. The van der Waals surface area contributed by atoms with Crippen molar-refractivity contribution in [2.24, 2.45) is 0 Å². The molecular weight excluding hydrogens is 232 g/mol. The second-order valence-electron chi connectivity index (χ2n) is 4.90. The van der Waals surface area contributed by atoms with Gasteiger partial charge in [-0.3, -0.25) is 0 Å². The second-order valence-corrected chi connectivity index (χ2v) is 4.90. The Morgan fingerprint density at radius 2 is 1.68 bits per heavy atom. The Balaban J connectivity index is 3.48. The van der Waals surface area contributed by atoms with E-state index in [0.29, 0.717) is 0 Å². The van der Waals surface area contributed by atoms with E-state index in [0.717, 1.165) is 32.1 Å². The van der Waals surface area contributed by atoms with Gasteiger partial charge in [0, 0.05) is 0 Å². The normalized spacial score (nSPS) is 14.1.